The highest BCUT2D eigenvalue weighted by Gasteiger charge is 2.51. The zero-order valence-corrected chi connectivity index (χ0v) is 15.9. The molecule has 0 bridgehead atoms. The molecule has 128 valence electrons. The van der Waals surface area contributed by atoms with E-state index in [1.165, 1.54) is 0 Å². The largest absolute Gasteiger partial charge is 0.494 e. The molecular weight excluding hydrogens is 322 g/mol. The van der Waals surface area contributed by atoms with Gasteiger partial charge in [0.25, 0.3) is 0 Å². The van der Waals surface area contributed by atoms with E-state index in [2.05, 4.69) is 33.8 Å². The maximum atomic E-state index is 6.50. The summed E-state index contributed by atoms with van der Waals surface area (Å²) in [6.45, 7) is 12.2. The zero-order chi connectivity index (χ0) is 17.7. The van der Waals surface area contributed by atoms with Gasteiger partial charge in [0.15, 0.2) is 0 Å². The molecule has 0 atom stereocenters. The number of ether oxygens (including phenoxy) is 1. The van der Waals surface area contributed by atoms with Gasteiger partial charge in [0.05, 0.1) is 22.3 Å². The van der Waals surface area contributed by atoms with Crippen LogP contribution in [0.2, 0.25) is 5.02 Å². The van der Waals surface area contributed by atoms with Gasteiger partial charge in [0, 0.05) is 5.39 Å². The van der Waals surface area contributed by atoms with Crippen molar-refractivity contribution in [2.75, 3.05) is 0 Å². The smallest absolute Gasteiger partial charge is 0.489 e. The van der Waals surface area contributed by atoms with E-state index in [-0.39, 0.29) is 24.4 Å². The molecule has 3 rings (SSSR count). The fraction of sp³-hybridized carbons (Fsp3) is 0.474. The Balaban J connectivity index is 1.96. The SMILES string of the molecule is CC(C)Oc1ccc2cc(B3OC(C)(C)C(C)(C)O3)ccc2c1Cl. The molecule has 24 heavy (non-hydrogen) atoms. The van der Waals surface area contributed by atoms with Crippen LogP contribution in [-0.2, 0) is 9.31 Å². The van der Waals surface area contributed by atoms with E-state index in [0.29, 0.717) is 10.8 Å². The van der Waals surface area contributed by atoms with Gasteiger partial charge in [-0.15, -0.1) is 0 Å². The summed E-state index contributed by atoms with van der Waals surface area (Å²) in [6.07, 6.45) is 0.0870. The standard InChI is InChI=1S/C19H24BClO3/c1-12(2)22-16-10-7-13-11-14(8-9-15(13)17(16)21)20-23-18(3,4)19(5,6)24-20/h7-12H,1-6H3. The third kappa shape index (κ3) is 3.03. The number of rotatable bonds is 3. The Bertz CT molecular complexity index is 755. The molecule has 1 heterocycles. The van der Waals surface area contributed by atoms with Gasteiger partial charge in [-0.25, -0.2) is 0 Å². The molecule has 0 unspecified atom stereocenters. The summed E-state index contributed by atoms with van der Waals surface area (Å²) >= 11 is 6.50. The second-order valence-corrected chi connectivity index (χ2v) is 7.99. The minimum atomic E-state index is -0.371. The lowest BCUT2D eigenvalue weighted by molar-refractivity contribution is 0.00578. The van der Waals surface area contributed by atoms with Gasteiger partial charge in [-0.2, -0.15) is 0 Å². The molecule has 2 aromatic rings. The quantitative estimate of drug-likeness (QED) is 0.761. The molecule has 0 N–H and O–H groups in total. The third-order valence-electron chi connectivity index (χ3n) is 4.83. The van der Waals surface area contributed by atoms with Crippen LogP contribution in [-0.4, -0.2) is 24.4 Å². The van der Waals surface area contributed by atoms with E-state index < -0.39 is 0 Å². The number of benzene rings is 2. The first-order chi connectivity index (χ1) is 11.1. The van der Waals surface area contributed by atoms with Gasteiger partial charge < -0.3 is 14.0 Å². The van der Waals surface area contributed by atoms with Crippen LogP contribution in [0.25, 0.3) is 10.8 Å². The van der Waals surface area contributed by atoms with Gasteiger partial charge in [0.2, 0.25) is 0 Å². The van der Waals surface area contributed by atoms with Crippen LogP contribution >= 0.6 is 11.6 Å². The van der Waals surface area contributed by atoms with Crippen molar-refractivity contribution in [2.24, 2.45) is 0 Å². The van der Waals surface area contributed by atoms with Crippen molar-refractivity contribution < 1.29 is 14.0 Å². The Kier molecular flexibility index (Phi) is 4.35. The third-order valence-corrected chi connectivity index (χ3v) is 5.22. The molecule has 1 aliphatic heterocycles. The molecule has 0 spiro atoms. The Morgan fingerprint density at radius 3 is 2.21 bits per heavy atom. The Hall–Kier alpha value is -1.23. The molecule has 5 heteroatoms. The normalized spacial score (nSPS) is 19.2. The maximum Gasteiger partial charge on any atom is 0.494 e. The number of halogens is 1. The van der Waals surface area contributed by atoms with Crippen LogP contribution in [0.5, 0.6) is 5.75 Å². The maximum absolute atomic E-state index is 6.50. The summed E-state index contributed by atoms with van der Waals surface area (Å²) < 4.78 is 18.0. The highest BCUT2D eigenvalue weighted by molar-refractivity contribution is 6.62. The number of fused-ring (bicyclic) bond motifs is 1. The van der Waals surface area contributed by atoms with Crippen molar-refractivity contribution in [3.8, 4) is 5.75 Å². The Morgan fingerprint density at radius 1 is 1.00 bits per heavy atom. The van der Waals surface area contributed by atoms with E-state index in [9.17, 15) is 0 Å². The molecule has 3 nitrogen and oxygen atoms in total. The van der Waals surface area contributed by atoms with E-state index in [1.54, 1.807) is 0 Å². The molecule has 1 fully saturated rings. The first kappa shape index (κ1) is 17.6. The lowest BCUT2D eigenvalue weighted by Gasteiger charge is -2.32. The zero-order valence-electron chi connectivity index (χ0n) is 15.1. The van der Waals surface area contributed by atoms with E-state index in [4.69, 9.17) is 25.6 Å². The highest BCUT2D eigenvalue weighted by atomic mass is 35.5. The predicted molar refractivity (Wildman–Crippen MR) is 100 cm³/mol. The fourth-order valence-corrected chi connectivity index (χ4v) is 3.04. The van der Waals surface area contributed by atoms with Crippen molar-refractivity contribution in [3.63, 3.8) is 0 Å². The van der Waals surface area contributed by atoms with Crippen LogP contribution < -0.4 is 10.2 Å². The van der Waals surface area contributed by atoms with Gasteiger partial charge in [-0.05, 0) is 58.5 Å². The van der Waals surface area contributed by atoms with Crippen LogP contribution in [0, 0.1) is 0 Å². The Morgan fingerprint density at radius 2 is 1.62 bits per heavy atom. The van der Waals surface area contributed by atoms with E-state index in [0.717, 1.165) is 16.2 Å². The first-order valence-corrected chi connectivity index (χ1v) is 8.73. The molecule has 1 saturated heterocycles. The second-order valence-electron chi connectivity index (χ2n) is 7.61. The van der Waals surface area contributed by atoms with Crippen molar-refractivity contribution in [1.82, 2.24) is 0 Å². The average Bonchev–Trinajstić information content (AvgIpc) is 2.70. The van der Waals surface area contributed by atoms with Crippen molar-refractivity contribution in [1.29, 1.82) is 0 Å². The van der Waals surface area contributed by atoms with Gasteiger partial charge in [-0.3, -0.25) is 0 Å². The van der Waals surface area contributed by atoms with Crippen LogP contribution in [0.1, 0.15) is 41.5 Å². The molecule has 0 aliphatic carbocycles. The van der Waals surface area contributed by atoms with Crippen molar-refractivity contribution in [3.05, 3.63) is 35.4 Å². The molecule has 0 radical (unpaired) electrons. The molecule has 0 amide bonds. The predicted octanol–water partition coefficient (Wildman–Crippen LogP) is 4.58. The summed E-state index contributed by atoms with van der Waals surface area (Å²) in [4.78, 5) is 0. The van der Waals surface area contributed by atoms with Crippen molar-refractivity contribution in [2.45, 2.75) is 58.8 Å². The number of hydrogen-bond donors (Lipinski definition) is 0. The molecule has 2 aromatic carbocycles. The summed E-state index contributed by atoms with van der Waals surface area (Å²) in [7, 11) is -0.371. The molecule has 1 aliphatic rings. The van der Waals surface area contributed by atoms with E-state index in [1.807, 2.05) is 38.1 Å². The summed E-state index contributed by atoms with van der Waals surface area (Å²) in [5.41, 5.74) is 0.299. The van der Waals surface area contributed by atoms with Gasteiger partial charge >= 0.3 is 7.12 Å². The summed E-state index contributed by atoms with van der Waals surface area (Å²) in [5, 5.41) is 2.65. The van der Waals surface area contributed by atoms with E-state index >= 15 is 0 Å². The molecular formula is C19H24BClO3. The lowest BCUT2D eigenvalue weighted by Crippen LogP contribution is -2.41. The minimum Gasteiger partial charge on any atom is -0.489 e. The first-order valence-electron chi connectivity index (χ1n) is 8.35. The number of hydrogen-bond acceptors (Lipinski definition) is 3. The summed E-state index contributed by atoms with van der Waals surface area (Å²) in [6, 6.07) is 10.0. The topological polar surface area (TPSA) is 27.7 Å². The highest BCUT2D eigenvalue weighted by Crippen LogP contribution is 2.37. The average molecular weight is 347 g/mol. The molecule has 0 aromatic heterocycles. The van der Waals surface area contributed by atoms with Gasteiger partial charge in [0.1, 0.15) is 5.75 Å². The second kappa shape index (κ2) is 5.94. The lowest BCUT2D eigenvalue weighted by atomic mass is 9.78. The Labute approximate surface area is 149 Å². The van der Waals surface area contributed by atoms with Gasteiger partial charge in [-0.1, -0.05) is 35.9 Å². The fourth-order valence-electron chi connectivity index (χ4n) is 2.76. The summed E-state index contributed by atoms with van der Waals surface area (Å²) in [5.74, 6) is 0.711. The van der Waals surface area contributed by atoms with Crippen LogP contribution in [0.15, 0.2) is 30.3 Å². The monoisotopic (exact) mass is 346 g/mol. The van der Waals surface area contributed by atoms with Crippen molar-refractivity contribution >= 4 is 35.0 Å². The minimum absolute atomic E-state index is 0.0870. The molecule has 0 saturated carbocycles. The van der Waals surface area contributed by atoms with Crippen LogP contribution in [0.4, 0.5) is 0 Å². The van der Waals surface area contributed by atoms with Crippen LogP contribution in [0.3, 0.4) is 0 Å².